The highest BCUT2D eigenvalue weighted by Gasteiger charge is 2.28. The summed E-state index contributed by atoms with van der Waals surface area (Å²) in [4.78, 5) is 38.8. The van der Waals surface area contributed by atoms with E-state index in [-0.39, 0.29) is 35.6 Å². The molecule has 0 aliphatic heterocycles. The number of ketones is 1. The fourth-order valence-corrected chi connectivity index (χ4v) is 4.78. The van der Waals surface area contributed by atoms with Crippen LogP contribution in [0.5, 0.6) is 5.75 Å². The number of carbonyl (C=O) groups excluding carboxylic acids is 3. The van der Waals surface area contributed by atoms with Gasteiger partial charge in [-0.15, -0.1) is 11.3 Å². The molecule has 1 heterocycles. The Bertz CT molecular complexity index is 1350. The zero-order chi connectivity index (χ0) is 26.8. The van der Waals surface area contributed by atoms with E-state index in [1.54, 1.807) is 39.0 Å². The van der Waals surface area contributed by atoms with Crippen LogP contribution in [0, 0.1) is 18.3 Å². The Hall–Kier alpha value is -4.22. The number of nitrogens with zero attached hydrogens (tertiary/aromatic N) is 1. The fraction of sp³-hybridized carbons (Fsp3) is 0.241. The Morgan fingerprint density at radius 1 is 0.946 bits per heavy atom. The SMILES string of the molecule is CCOC(=O)c1sc(CC(=O)/C(C#N)=C/c2ccccc2OCc2ccccc2)c(C(=O)OCC)c1C. The van der Waals surface area contributed by atoms with Crippen LogP contribution in [-0.4, -0.2) is 30.9 Å². The summed E-state index contributed by atoms with van der Waals surface area (Å²) >= 11 is 1.00. The summed E-state index contributed by atoms with van der Waals surface area (Å²) in [6, 6.07) is 18.7. The van der Waals surface area contributed by atoms with Crippen molar-refractivity contribution in [3.63, 3.8) is 0 Å². The molecule has 2 aromatic carbocycles. The predicted octanol–water partition coefficient (Wildman–Crippen LogP) is 5.71. The van der Waals surface area contributed by atoms with Crippen molar-refractivity contribution in [1.29, 1.82) is 5.26 Å². The van der Waals surface area contributed by atoms with Gasteiger partial charge in [-0.1, -0.05) is 48.5 Å². The van der Waals surface area contributed by atoms with Gasteiger partial charge < -0.3 is 14.2 Å². The average molecular weight is 518 g/mol. The summed E-state index contributed by atoms with van der Waals surface area (Å²) in [5, 5.41) is 9.77. The number of carbonyl (C=O) groups is 3. The van der Waals surface area contributed by atoms with Gasteiger partial charge in [0.15, 0.2) is 5.78 Å². The van der Waals surface area contributed by atoms with Crippen LogP contribution >= 0.6 is 11.3 Å². The lowest BCUT2D eigenvalue weighted by atomic mass is 10.0. The maximum absolute atomic E-state index is 13.2. The number of hydrogen-bond donors (Lipinski definition) is 0. The van der Waals surface area contributed by atoms with Gasteiger partial charge in [-0.05, 0) is 44.0 Å². The maximum atomic E-state index is 13.2. The van der Waals surface area contributed by atoms with Crippen LogP contribution in [0.25, 0.3) is 6.08 Å². The molecule has 0 aliphatic carbocycles. The van der Waals surface area contributed by atoms with Crippen LogP contribution < -0.4 is 4.74 Å². The first kappa shape index (κ1) is 27.4. The van der Waals surface area contributed by atoms with Gasteiger partial charge in [-0.2, -0.15) is 5.26 Å². The number of thiophene rings is 1. The molecule has 0 atom stereocenters. The highest BCUT2D eigenvalue weighted by atomic mass is 32.1. The van der Waals surface area contributed by atoms with Gasteiger partial charge in [-0.25, -0.2) is 9.59 Å². The van der Waals surface area contributed by atoms with Crippen LogP contribution in [0.3, 0.4) is 0 Å². The van der Waals surface area contributed by atoms with Crippen LogP contribution in [-0.2, 0) is 27.3 Å². The van der Waals surface area contributed by atoms with Crippen molar-refractivity contribution in [1.82, 2.24) is 0 Å². The second-order valence-electron chi connectivity index (χ2n) is 7.88. The molecular formula is C29H27NO6S. The Morgan fingerprint density at radius 3 is 2.27 bits per heavy atom. The average Bonchev–Trinajstić information content (AvgIpc) is 3.22. The van der Waals surface area contributed by atoms with E-state index in [2.05, 4.69) is 0 Å². The number of rotatable bonds is 11. The molecule has 0 radical (unpaired) electrons. The van der Waals surface area contributed by atoms with Gasteiger partial charge >= 0.3 is 11.9 Å². The van der Waals surface area contributed by atoms with Crippen molar-refractivity contribution in [2.45, 2.75) is 33.8 Å². The molecule has 0 fully saturated rings. The van der Waals surface area contributed by atoms with Crippen molar-refractivity contribution in [3.8, 4) is 11.8 Å². The summed E-state index contributed by atoms with van der Waals surface area (Å²) < 4.78 is 16.2. The summed E-state index contributed by atoms with van der Waals surface area (Å²) in [7, 11) is 0. The lowest BCUT2D eigenvalue weighted by Crippen LogP contribution is -2.12. The number of nitriles is 1. The molecule has 37 heavy (non-hydrogen) atoms. The van der Waals surface area contributed by atoms with Gasteiger partial charge in [0.2, 0.25) is 0 Å². The minimum absolute atomic E-state index is 0.102. The molecule has 3 aromatic rings. The Labute approximate surface area is 219 Å². The molecule has 0 amide bonds. The van der Waals surface area contributed by atoms with Crippen LogP contribution in [0.15, 0.2) is 60.2 Å². The number of hydrogen-bond acceptors (Lipinski definition) is 8. The lowest BCUT2D eigenvalue weighted by Gasteiger charge is -2.10. The number of Topliss-reactive ketones (excluding diaryl/α,β-unsaturated/α-hetero) is 1. The summed E-state index contributed by atoms with van der Waals surface area (Å²) in [6.07, 6.45) is 1.23. The Kier molecular flexibility index (Phi) is 9.76. The molecular weight excluding hydrogens is 490 g/mol. The van der Waals surface area contributed by atoms with E-state index in [0.29, 0.717) is 28.4 Å². The van der Waals surface area contributed by atoms with Gasteiger partial charge in [0.05, 0.1) is 24.4 Å². The van der Waals surface area contributed by atoms with Crippen LogP contribution in [0.1, 0.15) is 55.4 Å². The zero-order valence-electron chi connectivity index (χ0n) is 20.9. The monoisotopic (exact) mass is 517 g/mol. The first-order valence-electron chi connectivity index (χ1n) is 11.8. The molecule has 0 bridgehead atoms. The third-order valence-corrected chi connectivity index (χ3v) is 6.63. The van der Waals surface area contributed by atoms with Crippen LogP contribution in [0.2, 0.25) is 0 Å². The summed E-state index contributed by atoms with van der Waals surface area (Å²) in [6.45, 7) is 5.61. The van der Waals surface area contributed by atoms with Crippen molar-refractivity contribution < 1.29 is 28.6 Å². The number of para-hydroxylation sites is 1. The first-order valence-corrected chi connectivity index (χ1v) is 12.6. The molecule has 0 spiro atoms. The van der Waals surface area contributed by atoms with Gasteiger partial charge in [0, 0.05) is 16.9 Å². The normalized spacial score (nSPS) is 10.9. The van der Waals surface area contributed by atoms with E-state index in [9.17, 15) is 19.6 Å². The van der Waals surface area contributed by atoms with E-state index in [4.69, 9.17) is 14.2 Å². The Morgan fingerprint density at radius 2 is 1.59 bits per heavy atom. The molecule has 190 valence electrons. The highest BCUT2D eigenvalue weighted by Crippen LogP contribution is 2.31. The molecule has 0 aliphatic rings. The molecule has 0 unspecified atom stereocenters. The van der Waals surface area contributed by atoms with Gasteiger partial charge in [-0.3, -0.25) is 4.79 Å². The minimum Gasteiger partial charge on any atom is -0.488 e. The third kappa shape index (κ3) is 6.93. The molecule has 0 N–H and O–H groups in total. The molecule has 1 aromatic heterocycles. The van der Waals surface area contributed by atoms with E-state index in [0.717, 1.165) is 16.9 Å². The number of allylic oxidation sites excluding steroid dienone is 1. The van der Waals surface area contributed by atoms with Crippen molar-refractivity contribution >= 4 is 35.1 Å². The fourth-order valence-electron chi connectivity index (χ4n) is 3.60. The second kappa shape index (κ2) is 13.2. The maximum Gasteiger partial charge on any atom is 0.348 e. The van der Waals surface area contributed by atoms with E-state index in [1.165, 1.54) is 6.08 Å². The van der Waals surface area contributed by atoms with Crippen molar-refractivity contribution in [2.75, 3.05) is 13.2 Å². The molecule has 8 heteroatoms. The lowest BCUT2D eigenvalue weighted by molar-refractivity contribution is -0.114. The molecule has 3 rings (SSSR count). The van der Waals surface area contributed by atoms with Crippen molar-refractivity contribution in [2.24, 2.45) is 0 Å². The third-order valence-electron chi connectivity index (χ3n) is 5.36. The molecule has 0 saturated carbocycles. The molecule has 0 saturated heterocycles. The summed E-state index contributed by atoms with van der Waals surface area (Å²) in [5.74, 6) is -1.18. The van der Waals surface area contributed by atoms with Crippen LogP contribution in [0.4, 0.5) is 0 Å². The van der Waals surface area contributed by atoms with E-state index >= 15 is 0 Å². The zero-order valence-corrected chi connectivity index (χ0v) is 21.7. The smallest absolute Gasteiger partial charge is 0.348 e. The predicted molar refractivity (Wildman–Crippen MR) is 140 cm³/mol. The topological polar surface area (TPSA) is 103 Å². The first-order chi connectivity index (χ1) is 17.9. The second-order valence-corrected chi connectivity index (χ2v) is 8.98. The quantitative estimate of drug-likeness (QED) is 0.182. The minimum atomic E-state index is -0.628. The standard InChI is InChI=1S/C29H27NO6S/c1-4-34-28(32)26-19(3)27(29(33)35-5-2)37-25(26)16-23(31)22(17-30)15-21-13-9-10-14-24(21)36-18-20-11-7-6-8-12-20/h6-15H,4-5,16,18H2,1-3H3/b22-15+. The van der Waals surface area contributed by atoms with Gasteiger partial charge in [0.25, 0.3) is 0 Å². The summed E-state index contributed by atoms with van der Waals surface area (Å²) in [5.41, 5.74) is 2.01. The molecule has 7 nitrogen and oxygen atoms in total. The van der Waals surface area contributed by atoms with E-state index in [1.807, 2.05) is 42.5 Å². The number of ether oxygens (including phenoxy) is 3. The Balaban J connectivity index is 1.89. The number of benzene rings is 2. The highest BCUT2D eigenvalue weighted by molar-refractivity contribution is 7.14. The largest absolute Gasteiger partial charge is 0.488 e. The van der Waals surface area contributed by atoms with Crippen molar-refractivity contribution in [3.05, 3.63) is 92.2 Å². The number of esters is 2. The van der Waals surface area contributed by atoms with Gasteiger partial charge in [0.1, 0.15) is 23.3 Å². The van der Waals surface area contributed by atoms with E-state index < -0.39 is 17.7 Å².